The van der Waals surface area contributed by atoms with E-state index in [0.29, 0.717) is 23.6 Å². The van der Waals surface area contributed by atoms with E-state index in [1.165, 1.54) is 0 Å². The summed E-state index contributed by atoms with van der Waals surface area (Å²) < 4.78 is 5.53. The van der Waals surface area contributed by atoms with Crippen molar-refractivity contribution in [1.82, 2.24) is 4.98 Å². The summed E-state index contributed by atoms with van der Waals surface area (Å²) in [5, 5.41) is 3.75. The van der Waals surface area contributed by atoms with Crippen molar-refractivity contribution >= 4 is 23.4 Å². The van der Waals surface area contributed by atoms with E-state index in [-0.39, 0.29) is 5.91 Å². The van der Waals surface area contributed by atoms with Gasteiger partial charge in [-0.3, -0.25) is 4.79 Å². The van der Waals surface area contributed by atoms with Crippen LogP contribution in [0.4, 0.5) is 5.69 Å². The number of thioether (sulfide) groups is 1. The predicted molar refractivity (Wildman–Crippen MR) is 86.2 cm³/mol. The van der Waals surface area contributed by atoms with Gasteiger partial charge >= 0.3 is 0 Å². The van der Waals surface area contributed by atoms with Gasteiger partial charge in [0.1, 0.15) is 5.75 Å². The molecule has 110 valence electrons. The summed E-state index contributed by atoms with van der Waals surface area (Å²) in [6.45, 7) is 2.69. The third kappa shape index (κ3) is 4.49. The van der Waals surface area contributed by atoms with Crippen molar-refractivity contribution in [2.24, 2.45) is 0 Å². The number of carbonyl (C=O) groups is 1. The summed E-state index contributed by atoms with van der Waals surface area (Å²) in [6, 6.07) is 10.9. The maximum absolute atomic E-state index is 12.2. The summed E-state index contributed by atoms with van der Waals surface area (Å²) >= 11 is 1.56. The smallest absolute Gasteiger partial charge is 0.255 e. The molecule has 4 nitrogen and oxygen atoms in total. The van der Waals surface area contributed by atoms with Crippen LogP contribution in [0.3, 0.4) is 0 Å². The Bertz CT molecular complexity index is 599. The van der Waals surface area contributed by atoms with Crippen LogP contribution in [0.2, 0.25) is 0 Å². The van der Waals surface area contributed by atoms with Gasteiger partial charge in [0.25, 0.3) is 5.91 Å². The van der Waals surface area contributed by atoms with Gasteiger partial charge in [-0.05, 0) is 43.0 Å². The molecule has 0 bridgehead atoms. The first kappa shape index (κ1) is 15.4. The predicted octanol–water partition coefficient (Wildman–Crippen LogP) is 3.84. The highest BCUT2D eigenvalue weighted by Gasteiger charge is 2.07. The number of amides is 1. The first-order valence-electron chi connectivity index (χ1n) is 6.77. The Morgan fingerprint density at radius 3 is 2.86 bits per heavy atom. The molecule has 0 fully saturated rings. The Hall–Kier alpha value is -2.01. The van der Waals surface area contributed by atoms with Crippen LogP contribution >= 0.6 is 11.8 Å². The number of ether oxygens (including phenoxy) is 1. The highest BCUT2D eigenvalue weighted by Crippen LogP contribution is 2.17. The molecule has 0 saturated heterocycles. The van der Waals surface area contributed by atoms with Crippen molar-refractivity contribution in [2.45, 2.75) is 18.4 Å². The molecule has 2 aromatic rings. The monoisotopic (exact) mass is 302 g/mol. The topological polar surface area (TPSA) is 51.2 Å². The SMILES string of the molecule is CCCOc1cccc(C(=O)Nc2ccc(SC)nc2)c1. The molecule has 1 aromatic carbocycles. The van der Waals surface area contributed by atoms with E-state index in [4.69, 9.17) is 4.74 Å². The van der Waals surface area contributed by atoms with Gasteiger partial charge in [0.05, 0.1) is 23.5 Å². The highest BCUT2D eigenvalue weighted by atomic mass is 32.2. The Morgan fingerprint density at radius 2 is 2.19 bits per heavy atom. The standard InChI is InChI=1S/C16H18N2O2S/c1-3-9-20-14-6-4-5-12(10-14)16(19)18-13-7-8-15(21-2)17-11-13/h4-8,10-11H,3,9H2,1-2H3,(H,18,19). The summed E-state index contributed by atoms with van der Waals surface area (Å²) in [5.74, 6) is 0.538. The second-order valence-electron chi connectivity index (χ2n) is 4.42. The molecule has 21 heavy (non-hydrogen) atoms. The van der Waals surface area contributed by atoms with Crippen LogP contribution in [0.5, 0.6) is 5.75 Å². The van der Waals surface area contributed by atoms with E-state index in [1.807, 2.05) is 37.4 Å². The van der Waals surface area contributed by atoms with Crippen LogP contribution in [0.25, 0.3) is 0 Å². The van der Waals surface area contributed by atoms with Crippen LogP contribution < -0.4 is 10.1 Å². The maximum Gasteiger partial charge on any atom is 0.255 e. The Kier molecular flexibility index (Phi) is 5.63. The van der Waals surface area contributed by atoms with Crippen molar-refractivity contribution < 1.29 is 9.53 Å². The van der Waals surface area contributed by atoms with Crippen LogP contribution in [0.15, 0.2) is 47.6 Å². The van der Waals surface area contributed by atoms with E-state index < -0.39 is 0 Å². The molecule has 5 heteroatoms. The lowest BCUT2D eigenvalue weighted by atomic mass is 10.2. The van der Waals surface area contributed by atoms with Gasteiger partial charge in [-0.25, -0.2) is 4.98 Å². The van der Waals surface area contributed by atoms with Gasteiger partial charge in [0.2, 0.25) is 0 Å². The first-order valence-corrected chi connectivity index (χ1v) is 7.99. The highest BCUT2D eigenvalue weighted by molar-refractivity contribution is 7.98. The lowest BCUT2D eigenvalue weighted by Crippen LogP contribution is -2.12. The van der Waals surface area contributed by atoms with E-state index in [0.717, 1.165) is 11.4 Å². The Balaban J connectivity index is 2.05. The van der Waals surface area contributed by atoms with Gasteiger partial charge in [-0.15, -0.1) is 11.8 Å². The molecule has 0 saturated carbocycles. The Morgan fingerprint density at radius 1 is 1.33 bits per heavy atom. The largest absolute Gasteiger partial charge is 0.494 e. The minimum Gasteiger partial charge on any atom is -0.494 e. The van der Waals surface area contributed by atoms with Gasteiger partial charge in [0, 0.05) is 5.56 Å². The summed E-state index contributed by atoms with van der Waals surface area (Å²) in [5.41, 5.74) is 1.25. The lowest BCUT2D eigenvalue weighted by Gasteiger charge is -2.08. The molecule has 0 unspecified atom stereocenters. The molecule has 1 heterocycles. The number of hydrogen-bond acceptors (Lipinski definition) is 4. The summed E-state index contributed by atoms with van der Waals surface area (Å²) in [4.78, 5) is 16.4. The van der Waals surface area contributed by atoms with E-state index in [2.05, 4.69) is 10.3 Å². The molecule has 0 radical (unpaired) electrons. The zero-order chi connectivity index (χ0) is 15.1. The molecule has 2 rings (SSSR count). The minimum atomic E-state index is -0.171. The fourth-order valence-electron chi connectivity index (χ4n) is 1.73. The molecule has 0 aliphatic heterocycles. The molecular weight excluding hydrogens is 284 g/mol. The number of anilines is 1. The first-order chi connectivity index (χ1) is 10.2. The van der Waals surface area contributed by atoms with E-state index in [1.54, 1.807) is 30.1 Å². The average molecular weight is 302 g/mol. The molecule has 1 aromatic heterocycles. The minimum absolute atomic E-state index is 0.171. The number of hydrogen-bond donors (Lipinski definition) is 1. The lowest BCUT2D eigenvalue weighted by molar-refractivity contribution is 0.102. The molecule has 1 N–H and O–H groups in total. The number of carbonyl (C=O) groups excluding carboxylic acids is 1. The molecular formula is C16H18N2O2S. The van der Waals surface area contributed by atoms with Crippen molar-refractivity contribution in [2.75, 3.05) is 18.2 Å². The van der Waals surface area contributed by atoms with Gasteiger partial charge < -0.3 is 10.1 Å². The quantitative estimate of drug-likeness (QED) is 0.824. The van der Waals surface area contributed by atoms with Gasteiger partial charge in [-0.1, -0.05) is 13.0 Å². The second kappa shape index (κ2) is 7.69. The van der Waals surface area contributed by atoms with Crippen LogP contribution in [-0.4, -0.2) is 23.8 Å². The number of benzene rings is 1. The number of aromatic nitrogens is 1. The number of pyridine rings is 1. The zero-order valence-electron chi connectivity index (χ0n) is 12.1. The Labute approximate surface area is 128 Å². The second-order valence-corrected chi connectivity index (χ2v) is 5.25. The zero-order valence-corrected chi connectivity index (χ0v) is 12.9. The summed E-state index contributed by atoms with van der Waals surface area (Å²) in [6.07, 6.45) is 4.55. The molecule has 0 atom stereocenters. The number of nitrogens with one attached hydrogen (secondary N) is 1. The fourth-order valence-corrected chi connectivity index (χ4v) is 2.09. The third-order valence-electron chi connectivity index (χ3n) is 2.77. The van der Waals surface area contributed by atoms with Gasteiger partial charge in [0.15, 0.2) is 0 Å². The number of rotatable bonds is 6. The number of nitrogens with zero attached hydrogens (tertiary/aromatic N) is 1. The van der Waals surface area contributed by atoms with Crippen molar-refractivity contribution in [3.05, 3.63) is 48.2 Å². The van der Waals surface area contributed by atoms with Crippen LogP contribution in [-0.2, 0) is 0 Å². The van der Waals surface area contributed by atoms with E-state index >= 15 is 0 Å². The average Bonchev–Trinajstić information content (AvgIpc) is 2.54. The van der Waals surface area contributed by atoms with Crippen molar-refractivity contribution in [3.8, 4) is 5.75 Å². The van der Waals surface area contributed by atoms with Crippen LogP contribution in [0, 0.1) is 0 Å². The maximum atomic E-state index is 12.2. The van der Waals surface area contributed by atoms with Crippen molar-refractivity contribution in [3.63, 3.8) is 0 Å². The fraction of sp³-hybridized carbons (Fsp3) is 0.250. The normalized spacial score (nSPS) is 10.2. The molecule has 0 aliphatic rings. The van der Waals surface area contributed by atoms with Crippen molar-refractivity contribution in [1.29, 1.82) is 0 Å². The molecule has 0 spiro atoms. The summed E-state index contributed by atoms with van der Waals surface area (Å²) in [7, 11) is 0. The van der Waals surface area contributed by atoms with Gasteiger partial charge in [-0.2, -0.15) is 0 Å². The third-order valence-corrected chi connectivity index (χ3v) is 3.43. The molecule has 1 amide bonds. The van der Waals surface area contributed by atoms with Crippen LogP contribution in [0.1, 0.15) is 23.7 Å². The molecule has 0 aliphatic carbocycles. The van der Waals surface area contributed by atoms with E-state index in [9.17, 15) is 4.79 Å².